The molecule has 1 aromatic rings. The molecule has 1 saturated carbocycles. The van der Waals surface area contributed by atoms with Crippen LogP contribution >= 0.6 is 0 Å². The van der Waals surface area contributed by atoms with Gasteiger partial charge in [0.25, 0.3) is 0 Å². The summed E-state index contributed by atoms with van der Waals surface area (Å²) in [5.74, 6) is -0.931. The van der Waals surface area contributed by atoms with Gasteiger partial charge in [0.05, 0.1) is 0 Å². The third-order valence-electron chi connectivity index (χ3n) is 2.99. The molecular weight excluding hydrogens is 222 g/mol. The lowest BCUT2D eigenvalue weighted by Gasteiger charge is -2.17. The predicted molar refractivity (Wildman–Crippen MR) is 63.7 cm³/mol. The molecule has 4 heteroatoms. The summed E-state index contributed by atoms with van der Waals surface area (Å²) in [5.41, 5.74) is 0.154. The van der Waals surface area contributed by atoms with Crippen molar-refractivity contribution < 1.29 is 8.78 Å². The maximum absolute atomic E-state index is 13.4. The Kier molecular flexibility index (Phi) is 4.07. The molecule has 0 unspecified atom stereocenters. The minimum absolute atomic E-state index is 0.154. The normalized spacial score (nSPS) is 15.5. The van der Waals surface area contributed by atoms with Gasteiger partial charge >= 0.3 is 0 Å². The van der Waals surface area contributed by atoms with Gasteiger partial charge in [0.15, 0.2) is 0 Å². The van der Waals surface area contributed by atoms with Crippen LogP contribution in [-0.2, 0) is 6.54 Å². The summed E-state index contributed by atoms with van der Waals surface area (Å²) < 4.78 is 26.8. The summed E-state index contributed by atoms with van der Waals surface area (Å²) in [6.07, 6.45) is 2.51. The molecule has 1 aliphatic carbocycles. The molecule has 0 atom stereocenters. The van der Waals surface area contributed by atoms with Crippen LogP contribution < -0.4 is 5.32 Å². The molecule has 0 aliphatic heterocycles. The van der Waals surface area contributed by atoms with Gasteiger partial charge in [-0.05, 0) is 32.0 Å². The maximum Gasteiger partial charge on any atom is 0.130 e. The number of halogens is 2. The number of hydrogen-bond acceptors (Lipinski definition) is 2. The van der Waals surface area contributed by atoms with Crippen molar-refractivity contribution in [2.75, 3.05) is 20.1 Å². The molecule has 0 bridgehead atoms. The van der Waals surface area contributed by atoms with Gasteiger partial charge in [-0.25, -0.2) is 8.78 Å². The molecule has 17 heavy (non-hydrogen) atoms. The zero-order chi connectivity index (χ0) is 12.3. The van der Waals surface area contributed by atoms with Crippen molar-refractivity contribution in [3.05, 3.63) is 35.4 Å². The summed E-state index contributed by atoms with van der Waals surface area (Å²) in [5, 5.41) is 3.37. The summed E-state index contributed by atoms with van der Waals surface area (Å²) in [7, 11) is 1.88. The van der Waals surface area contributed by atoms with Gasteiger partial charge in [-0.2, -0.15) is 0 Å². The molecule has 0 heterocycles. The van der Waals surface area contributed by atoms with E-state index in [0.717, 1.165) is 13.1 Å². The van der Waals surface area contributed by atoms with E-state index < -0.39 is 11.6 Å². The minimum Gasteiger partial charge on any atom is -0.313 e. The first-order valence-corrected chi connectivity index (χ1v) is 6.01. The number of benzene rings is 1. The minimum atomic E-state index is -0.466. The second-order valence-corrected chi connectivity index (χ2v) is 4.67. The molecule has 2 rings (SSSR count). The van der Waals surface area contributed by atoms with Crippen molar-refractivity contribution in [2.24, 2.45) is 0 Å². The van der Waals surface area contributed by atoms with Gasteiger partial charge in [0.2, 0.25) is 0 Å². The smallest absolute Gasteiger partial charge is 0.130 e. The van der Waals surface area contributed by atoms with E-state index in [4.69, 9.17) is 0 Å². The molecular formula is C13H18F2N2. The summed E-state index contributed by atoms with van der Waals surface area (Å²) >= 11 is 0. The topological polar surface area (TPSA) is 15.3 Å². The molecule has 0 aromatic heterocycles. The fourth-order valence-electron chi connectivity index (χ4n) is 1.78. The predicted octanol–water partition coefficient (Wildman–Crippen LogP) is 2.15. The van der Waals surface area contributed by atoms with Gasteiger partial charge in [-0.15, -0.1) is 0 Å². The zero-order valence-electron chi connectivity index (χ0n) is 10.0. The molecule has 0 spiro atoms. The standard InChI is InChI=1S/C13H18F2N2/c1-17(8-7-16-10-5-6-10)9-11-12(14)3-2-4-13(11)15/h2-4,10,16H,5-9H2,1H3. The Labute approximate surface area is 101 Å². The van der Waals surface area contributed by atoms with Crippen LogP contribution in [0.4, 0.5) is 8.78 Å². The van der Waals surface area contributed by atoms with E-state index in [9.17, 15) is 8.78 Å². The lowest BCUT2D eigenvalue weighted by atomic mass is 10.2. The van der Waals surface area contributed by atoms with Crippen LogP contribution in [0.15, 0.2) is 18.2 Å². The van der Waals surface area contributed by atoms with Gasteiger partial charge < -0.3 is 10.2 Å². The van der Waals surface area contributed by atoms with Crippen molar-refractivity contribution >= 4 is 0 Å². The van der Waals surface area contributed by atoms with Crippen molar-refractivity contribution in [3.63, 3.8) is 0 Å². The van der Waals surface area contributed by atoms with E-state index in [-0.39, 0.29) is 5.56 Å². The average Bonchev–Trinajstić information content (AvgIpc) is 3.08. The van der Waals surface area contributed by atoms with E-state index >= 15 is 0 Å². The first kappa shape index (κ1) is 12.5. The highest BCUT2D eigenvalue weighted by molar-refractivity contribution is 5.19. The Morgan fingerprint density at radius 3 is 2.53 bits per heavy atom. The van der Waals surface area contributed by atoms with Gasteiger partial charge in [0.1, 0.15) is 11.6 Å². The second-order valence-electron chi connectivity index (χ2n) is 4.67. The highest BCUT2D eigenvalue weighted by Gasteiger charge is 2.20. The molecule has 1 fully saturated rings. The lowest BCUT2D eigenvalue weighted by molar-refractivity contribution is 0.312. The van der Waals surface area contributed by atoms with Crippen LogP contribution in [0.2, 0.25) is 0 Å². The first-order valence-electron chi connectivity index (χ1n) is 6.01. The molecule has 1 aliphatic rings. The van der Waals surface area contributed by atoms with Crippen LogP contribution in [0.1, 0.15) is 18.4 Å². The largest absolute Gasteiger partial charge is 0.313 e. The van der Waals surface area contributed by atoms with Gasteiger partial charge in [-0.3, -0.25) is 0 Å². The van der Waals surface area contributed by atoms with E-state index in [0.29, 0.717) is 12.6 Å². The van der Waals surface area contributed by atoms with E-state index in [1.165, 1.54) is 31.0 Å². The van der Waals surface area contributed by atoms with Crippen LogP contribution in [0.25, 0.3) is 0 Å². The summed E-state index contributed by atoms with van der Waals surface area (Å²) in [6.45, 7) is 1.98. The Balaban J connectivity index is 1.81. The van der Waals surface area contributed by atoms with Crippen molar-refractivity contribution in [3.8, 4) is 0 Å². The fraction of sp³-hybridized carbons (Fsp3) is 0.538. The third kappa shape index (κ3) is 3.75. The van der Waals surface area contributed by atoms with Gasteiger partial charge in [-0.1, -0.05) is 6.07 Å². The Morgan fingerprint density at radius 1 is 1.29 bits per heavy atom. The third-order valence-corrected chi connectivity index (χ3v) is 2.99. The summed E-state index contributed by atoms with van der Waals surface area (Å²) in [6, 6.07) is 4.67. The second kappa shape index (κ2) is 5.56. The van der Waals surface area contributed by atoms with Crippen LogP contribution in [0.3, 0.4) is 0 Å². The Morgan fingerprint density at radius 2 is 1.94 bits per heavy atom. The molecule has 0 saturated heterocycles. The van der Waals surface area contributed by atoms with Crippen molar-refractivity contribution in [1.29, 1.82) is 0 Å². The van der Waals surface area contributed by atoms with Crippen molar-refractivity contribution in [1.82, 2.24) is 10.2 Å². The van der Waals surface area contributed by atoms with E-state index in [2.05, 4.69) is 5.32 Å². The summed E-state index contributed by atoms with van der Waals surface area (Å²) in [4.78, 5) is 1.93. The Hall–Kier alpha value is -1.00. The Bertz CT molecular complexity index is 357. The van der Waals surface area contributed by atoms with Crippen LogP contribution in [0.5, 0.6) is 0 Å². The highest BCUT2D eigenvalue weighted by atomic mass is 19.1. The monoisotopic (exact) mass is 240 g/mol. The van der Waals surface area contributed by atoms with Gasteiger partial charge in [0, 0.05) is 31.2 Å². The van der Waals surface area contributed by atoms with Crippen LogP contribution in [0, 0.1) is 11.6 Å². The average molecular weight is 240 g/mol. The molecule has 0 radical (unpaired) electrons. The SMILES string of the molecule is CN(CCNC1CC1)Cc1c(F)cccc1F. The zero-order valence-corrected chi connectivity index (χ0v) is 10.0. The van der Waals surface area contributed by atoms with Crippen molar-refractivity contribution in [2.45, 2.75) is 25.4 Å². The van der Waals surface area contributed by atoms with Crippen LogP contribution in [-0.4, -0.2) is 31.1 Å². The van der Waals surface area contributed by atoms with E-state index in [1.807, 2.05) is 11.9 Å². The lowest BCUT2D eigenvalue weighted by Crippen LogP contribution is -2.30. The number of nitrogens with zero attached hydrogens (tertiary/aromatic N) is 1. The number of likely N-dealkylation sites (N-methyl/N-ethyl adjacent to an activating group) is 1. The van der Waals surface area contributed by atoms with E-state index in [1.54, 1.807) is 0 Å². The molecule has 2 nitrogen and oxygen atoms in total. The first-order chi connectivity index (χ1) is 8.16. The quantitative estimate of drug-likeness (QED) is 0.819. The molecule has 1 aromatic carbocycles. The molecule has 1 N–H and O–H groups in total. The molecule has 0 amide bonds. The highest BCUT2D eigenvalue weighted by Crippen LogP contribution is 2.18. The number of hydrogen-bond donors (Lipinski definition) is 1. The fourth-order valence-corrected chi connectivity index (χ4v) is 1.78. The molecule has 94 valence electrons. The number of rotatable bonds is 6. The maximum atomic E-state index is 13.4. The number of nitrogens with one attached hydrogen (secondary N) is 1.